The van der Waals surface area contributed by atoms with Crippen molar-refractivity contribution in [2.75, 3.05) is 32.8 Å². The summed E-state index contributed by atoms with van der Waals surface area (Å²) in [6.45, 7) is 4.79. The number of hydrogen-bond donors (Lipinski definition) is 0. The largest absolute Gasteiger partial charge is 0.378 e. The number of carbonyl (C=O) groups excluding carboxylic acids is 2. The Bertz CT molecular complexity index is 601. The number of nitrogens with zero attached hydrogens (tertiary/aromatic N) is 2. The van der Waals surface area contributed by atoms with Crippen molar-refractivity contribution in [3.05, 3.63) is 34.9 Å². The van der Waals surface area contributed by atoms with Crippen LogP contribution in [0.25, 0.3) is 0 Å². The van der Waals surface area contributed by atoms with E-state index in [1.54, 1.807) is 4.90 Å². The number of morpholine rings is 1. The van der Waals surface area contributed by atoms with Gasteiger partial charge in [0.05, 0.1) is 25.2 Å². The van der Waals surface area contributed by atoms with Gasteiger partial charge in [-0.05, 0) is 18.6 Å². The maximum Gasteiger partial charge on any atom is 0.228 e. The van der Waals surface area contributed by atoms with Gasteiger partial charge in [0.25, 0.3) is 0 Å². The van der Waals surface area contributed by atoms with Crippen molar-refractivity contribution >= 4 is 23.4 Å². The van der Waals surface area contributed by atoms with E-state index in [9.17, 15) is 9.59 Å². The van der Waals surface area contributed by atoms with Crippen molar-refractivity contribution < 1.29 is 14.3 Å². The minimum Gasteiger partial charge on any atom is -0.378 e. The monoisotopic (exact) mass is 336 g/mol. The molecule has 124 valence electrons. The molecule has 2 amide bonds. The molecule has 0 radical (unpaired) electrons. The fraction of sp³-hybridized carbons (Fsp3) is 0.529. The van der Waals surface area contributed by atoms with Crippen LogP contribution in [-0.2, 0) is 14.3 Å². The SMILES string of the molecule is CCN1C(=O)C[C@@H](C(=O)N2CCOCC2)[C@@H]1c1ccccc1Cl. The van der Waals surface area contributed by atoms with Crippen LogP contribution in [0.3, 0.4) is 0 Å². The van der Waals surface area contributed by atoms with E-state index in [1.165, 1.54) is 0 Å². The molecule has 2 fully saturated rings. The first-order valence-electron chi connectivity index (χ1n) is 8.04. The van der Waals surface area contributed by atoms with Gasteiger partial charge in [-0.1, -0.05) is 29.8 Å². The first-order valence-corrected chi connectivity index (χ1v) is 8.41. The average molecular weight is 337 g/mol. The zero-order chi connectivity index (χ0) is 16.4. The second kappa shape index (κ2) is 6.89. The molecule has 3 rings (SSSR count). The highest BCUT2D eigenvalue weighted by molar-refractivity contribution is 6.31. The van der Waals surface area contributed by atoms with Crippen LogP contribution < -0.4 is 0 Å². The minimum atomic E-state index is -0.375. The topological polar surface area (TPSA) is 49.9 Å². The van der Waals surface area contributed by atoms with Crippen LogP contribution in [0.15, 0.2) is 24.3 Å². The lowest BCUT2D eigenvalue weighted by molar-refractivity contribution is -0.140. The predicted octanol–water partition coefficient (Wildman–Crippen LogP) is 2.11. The highest BCUT2D eigenvalue weighted by Gasteiger charge is 2.45. The van der Waals surface area contributed by atoms with Crippen LogP contribution in [0.2, 0.25) is 5.02 Å². The normalized spacial score (nSPS) is 25.0. The predicted molar refractivity (Wildman–Crippen MR) is 87.1 cm³/mol. The molecule has 1 aromatic rings. The molecule has 2 atom stereocenters. The molecule has 2 saturated heterocycles. The molecule has 0 unspecified atom stereocenters. The van der Waals surface area contributed by atoms with E-state index >= 15 is 0 Å². The summed E-state index contributed by atoms with van der Waals surface area (Å²) in [4.78, 5) is 28.9. The Hall–Kier alpha value is -1.59. The molecule has 1 aromatic carbocycles. The third kappa shape index (κ3) is 3.08. The number of likely N-dealkylation sites (tertiary alicyclic amines) is 1. The molecular weight excluding hydrogens is 316 g/mol. The van der Waals surface area contributed by atoms with Gasteiger partial charge in [0.1, 0.15) is 0 Å². The Labute approximate surface area is 141 Å². The lowest BCUT2D eigenvalue weighted by Gasteiger charge is -2.33. The number of ether oxygens (including phenoxy) is 1. The van der Waals surface area contributed by atoms with Gasteiger partial charge in [-0.15, -0.1) is 0 Å². The van der Waals surface area contributed by atoms with Crippen molar-refractivity contribution in [2.24, 2.45) is 5.92 Å². The summed E-state index contributed by atoms with van der Waals surface area (Å²) in [5, 5.41) is 0.602. The van der Waals surface area contributed by atoms with Crippen LogP contribution in [-0.4, -0.2) is 54.5 Å². The molecule has 6 heteroatoms. The first kappa shape index (κ1) is 16.3. The smallest absolute Gasteiger partial charge is 0.228 e. The van der Waals surface area contributed by atoms with E-state index in [4.69, 9.17) is 16.3 Å². The standard InChI is InChI=1S/C17H21ClN2O3/c1-2-20-15(21)11-13(17(22)19-7-9-23-10-8-19)16(20)12-5-3-4-6-14(12)18/h3-6,13,16H,2,7-11H2,1H3/t13-,16+/m1/s1. The van der Waals surface area contributed by atoms with Crippen molar-refractivity contribution in [3.8, 4) is 0 Å². The lowest BCUT2D eigenvalue weighted by atomic mass is 9.92. The van der Waals surface area contributed by atoms with Crippen molar-refractivity contribution in [3.63, 3.8) is 0 Å². The quantitative estimate of drug-likeness (QED) is 0.849. The van der Waals surface area contributed by atoms with Crippen molar-refractivity contribution in [1.29, 1.82) is 0 Å². The van der Waals surface area contributed by atoms with Crippen molar-refractivity contribution in [1.82, 2.24) is 9.80 Å². The van der Waals surface area contributed by atoms with Gasteiger partial charge in [-0.2, -0.15) is 0 Å². The third-order valence-electron chi connectivity index (χ3n) is 4.64. The number of benzene rings is 1. The van der Waals surface area contributed by atoms with Gasteiger partial charge in [0.15, 0.2) is 0 Å². The molecule has 0 N–H and O–H groups in total. The van der Waals surface area contributed by atoms with Crippen molar-refractivity contribution in [2.45, 2.75) is 19.4 Å². The molecule has 0 aromatic heterocycles. The fourth-order valence-corrected chi connectivity index (χ4v) is 3.75. The van der Waals surface area contributed by atoms with E-state index in [-0.39, 0.29) is 30.2 Å². The average Bonchev–Trinajstić information content (AvgIpc) is 2.91. The van der Waals surface area contributed by atoms with Crippen LogP contribution in [0.5, 0.6) is 0 Å². The van der Waals surface area contributed by atoms with Crippen LogP contribution >= 0.6 is 11.6 Å². The maximum atomic E-state index is 13.0. The van der Waals surface area contributed by atoms with E-state index in [0.29, 0.717) is 37.9 Å². The van der Waals surface area contributed by atoms with E-state index in [0.717, 1.165) is 5.56 Å². The summed E-state index contributed by atoms with van der Waals surface area (Å²) in [7, 11) is 0. The van der Waals surface area contributed by atoms with Crippen LogP contribution in [0.1, 0.15) is 24.9 Å². The molecule has 5 nitrogen and oxygen atoms in total. The lowest BCUT2D eigenvalue weighted by Crippen LogP contribution is -2.45. The molecule has 0 aliphatic carbocycles. The maximum absolute atomic E-state index is 13.0. The molecule has 2 heterocycles. The Morgan fingerprint density at radius 2 is 2.00 bits per heavy atom. The van der Waals surface area contributed by atoms with E-state index < -0.39 is 0 Å². The third-order valence-corrected chi connectivity index (χ3v) is 4.98. The van der Waals surface area contributed by atoms with Gasteiger partial charge in [0, 0.05) is 31.1 Å². The van der Waals surface area contributed by atoms with E-state index in [2.05, 4.69) is 0 Å². The molecule has 0 spiro atoms. The number of hydrogen-bond acceptors (Lipinski definition) is 3. The molecule has 0 saturated carbocycles. The van der Waals surface area contributed by atoms with Crippen LogP contribution in [0.4, 0.5) is 0 Å². The molecule has 2 aliphatic heterocycles. The van der Waals surface area contributed by atoms with Gasteiger partial charge in [-0.3, -0.25) is 9.59 Å². The number of carbonyl (C=O) groups is 2. The summed E-state index contributed by atoms with van der Waals surface area (Å²) >= 11 is 6.35. The first-order chi connectivity index (χ1) is 11.1. The Morgan fingerprint density at radius 1 is 1.30 bits per heavy atom. The minimum absolute atomic E-state index is 0.0176. The van der Waals surface area contributed by atoms with Gasteiger partial charge >= 0.3 is 0 Å². The van der Waals surface area contributed by atoms with Gasteiger partial charge in [0.2, 0.25) is 11.8 Å². The molecule has 0 bridgehead atoms. The number of halogens is 1. The number of rotatable bonds is 3. The number of amides is 2. The Morgan fingerprint density at radius 3 is 2.65 bits per heavy atom. The zero-order valence-corrected chi connectivity index (χ0v) is 14.0. The summed E-state index contributed by atoms with van der Waals surface area (Å²) in [6, 6.07) is 7.19. The highest BCUT2D eigenvalue weighted by Crippen LogP contribution is 2.41. The zero-order valence-electron chi connectivity index (χ0n) is 13.2. The summed E-state index contributed by atoms with van der Waals surface area (Å²) in [5.74, 6) is -0.327. The fourth-order valence-electron chi connectivity index (χ4n) is 3.50. The summed E-state index contributed by atoms with van der Waals surface area (Å²) < 4.78 is 5.31. The summed E-state index contributed by atoms with van der Waals surface area (Å²) in [6.07, 6.45) is 0.250. The Balaban J connectivity index is 1.92. The van der Waals surface area contributed by atoms with Gasteiger partial charge in [-0.25, -0.2) is 0 Å². The second-order valence-corrected chi connectivity index (χ2v) is 6.30. The second-order valence-electron chi connectivity index (χ2n) is 5.89. The highest BCUT2D eigenvalue weighted by atomic mass is 35.5. The van der Waals surface area contributed by atoms with E-state index in [1.807, 2.05) is 36.1 Å². The Kier molecular flexibility index (Phi) is 4.87. The van der Waals surface area contributed by atoms with Crippen LogP contribution in [0, 0.1) is 5.92 Å². The van der Waals surface area contributed by atoms with Gasteiger partial charge < -0.3 is 14.5 Å². The molecule has 23 heavy (non-hydrogen) atoms. The molecule has 2 aliphatic rings. The summed E-state index contributed by atoms with van der Waals surface area (Å²) in [5.41, 5.74) is 0.855. The molecular formula is C17H21ClN2O3.